The molecular formula is C17H16N4O. The zero-order valence-corrected chi connectivity index (χ0v) is 12.1. The van der Waals surface area contributed by atoms with Crippen LogP contribution in [0.15, 0.2) is 40.9 Å². The lowest BCUT2D eigenvalue weighted by molar-refractivity contribution is 0.544. The Kier molecular flexibility index (Phi) is 2.50. The molecule has 0 N–H and O–H groups in total. The van der Waals surface area contributed by atoms with Gasteiger partial charge in [0.15, 0.2) is 5.76 Å². The van der Waals surface area contributed by atoms with Crippen LogP contribution >= 0.6 is 0 Å². The third kappa shape index (κ3) is 1.81. The number of furan rings is 1. The van der Waals surface area contributed by atoms with E-state index in [1.807, 2.05) is 30.3 Å². The molecule has 5 heteroatoms. The largest absolute Gasteiger partial charge is 0.454 e. The summed E-state index contributed by atoms with van der Waals surface area (Å²) >= 11 is 0. The van der Waals surface area contributed by atoms with Crippen LogP contribution < -0.4 is 4.90 Å². The van der Waals surface area contributed by atoms with Gasteiger partial charge >= 0.3 is 0 Å². The monoisotopic (exact) mass is 292 g/mol. The van der Waals surface area contributed by atoms with Gasteiger partial charge in [-0.05, 0) is 37.3 Å². The summed E-state index contributed by atoms with van der Waals surface area (Å²) in [6.45, 7) is 1.07. The van der Waals surface area contributed by atoms with Crippen molar-refractivity contribution in [1.82, 2.24) is 15.2 Å². The SMILES string of the molecule is c1ccc2oc(-c3cnnc(N4C[C@H]5CC[C@H]4C5)n3)cc2c1. The van der Waals surface area contributed by atoms with Gasteiger partial charge in [0.05, 0.1) is 6.20 Å². The molecule has 5 rings (SSSR count). The van der Waals surface area contributed by atoms with Crippen molar-refractivity contribution in [2.75, 3.05) is 11.4 Å². The van der Waals surface area contributed by atoms with Crippen LogP contribution in [-0.2, 0) is 0 Å². The Morgan fingerprint density at radius 3 is 2.95 bits per heavy atom. The molecule has 1 aliphatic carbocycles. The van der Waals surface area contributed by atoms with Gasteiger partial charge in [-0.15, -0.1) is 5.10 Å². The second-order valence-electron chi connectivity index (χ2n) is 6.28. The van der Waals surface area contributed by atoms with E-state index in [4.69, 9.17) is 9.40 Å². The zero-order valence-electron chi connectivity index (χ0n) is 12.1. The van der Waals surface area contributed by atoms with E-state index in [9.17, 15) is 0 Å². The first kappa shape index (κ1) is 12.1. The molecule has 0 amide bonds. The molecule has 0 unspecified atom stereocenters. The van der Waals surface area contributed by atoms with Crippen molar-refractivity contribution in [3.63, 3.8) is 0 Å². The number of nitrogens with zero attached hydrogens (tertiary/aromatic N) is 4. The quantitative estimate of drug-likeness (QED) is 0.725. The number of benzene rings is 1. The van der Waals surface area contributed by atoms with Crippen molar-refractivity contribution >= 4 is 16.9 Å². The topological polar surface area (TPSA) is 55.1 Å². The Balaban J connectivity index is 1.54. The van der Waals surface area contributed by atoms with Crippen molar-refractivity contribution in [3.8, 4) is 11.5 Å². The second kappa shape index (κ2) is 4.53. The average molecular weight is 292 g/mol. The maximum absolute atomic E-state index is 5.88. The first-order chi connectivity index (χ1) is 10.9. The summed E-state index contributed by atoms with van der Waals surface area (Å²) in [5.74, 6) is 2.30. The van der Waals surface area contributed by atoms with Gasteiger partial charge in [0.2, 0.25) is 5.95 Å². The number of para-hydroxylation sites is 1. The Hall–Kier alpha value is -2.43. The fraction of sp³-hybridized carbons (Fsp3) is 0.353. The molecule has 2 aliphatic rings. The zero-order chi connectivity index (χ0) is 14.5. The molecule has 110 valence electrons. The average Bonchev–Trinajstić information content (AvgIpc) is 3.29. The third-order valence-corrected chi connectivity index (χ3v) is 4.89. The molecule has 0 spiro atoms. The van der Waals surface area contributed by atoms with E-state index >= 15 is 0 Å². The van der Waals surface area contributed by atoms with Crippen LogP contribution in [0.5, 0.6) is 0 Å². The molecule has 22 heavy (non-hydrogen) atoms. The molecule has 2 fully saturated rings. The Bertz CT molecular complexity index is 810. The molecule has 1 saturated heterocycles. The Morgan fingerprint density at radius 2 is 2.14 bits per heavy atom. The lowest BCUT2D eigenvalue weighted by Gasteiger charge is -2.26. The van der Waals surface area contributed by atoms with Crippen molar-refractivity contribution in [2.24, 2.45) is 5.92 Å². The highest BCUT2D eigenvalue weighted by Crippen LogP contribution is 2.39. The molecule has 1 aromatic carbocycles. The van der Waals surface area contributed by atoms with E-state index in [-0.39, 0.29) is 0 Å². The minimum Gasteiger partial charge on any atom is -0.454 e. The molecule has 2 atom stereocenters. The van der Waals surface area contributed by atoms with Gasteiger partial charge in [-0.25, -0.2) is 4.98 Å². The van der Waals surface area contributed by atoms with E-state index in [1.165, 1.54) is 19.3 Å². The summed E-state index contributed by atoms with van der Waals surface area (Å²) in [4.78, 5) is 7.01. The molecule has 2 aromatic heterocycles. The van der Waals surface area contributed by atoms with Crippen LogP contribution in [0.1, 0.15) is 19.3 Å². The van der Waals surface area contributed by atoms with Crippen LogP contribution in [0.25, 0.3) is 22.4 Å². The molecule has 2 bridgehead atoms. The molecular weight excluding hydrogens is 276 g/mol. The summed E-state index contributed by atoms with van der Waals surface area (Å²) < 4.78 is 5.88. The number of piperidine rings is 1. The summed E-state index contributed by atoms with van der Waals surface area (Å²) in [7, 11) is 0. The maximum atomic E-state index is 5.88. The van der Waals surface area contributed by atoms with Crippen LogP contribution in [0.2, 0.25) is 0 Å². The third-order valence-electron chi connectivity index (χ3n) is 4.89. The summed E-state index contributed by atoms with van der Waals surface area (Å²) in [6, 6.07) is 10.6. The summed E-state index contributed by atoms with van der Waals surface area (Å²) in [5, 5.41) is 9.47. The smallest absolute Gasteiger partial charge is 0.246 e. The van der Waals surface area contributed by atoms with Crippen molar-refractivity contribution in [3.05, 3.63) is 36.5 Å². The first-order valence-electron chi connectivity index (χ1n) is 7.82. The summed E-state index contributed by atoms with van der Waals surface area (Å²) in [5.41, 5.74) is 1.63. The number of hydrogen-bond donors (Lipinski definition) is 0. The number of hydrogen-bond acceptors (Lipinski definition) is 5. The molecule has 3 heterocycles. The lowest BCUT2D eigenvalue weighted by atomic mass is 10.1. The number of anilines is 1. The van der Waals surface area contributed by atoms with Crippen molar-refractivity contribution < 1.29 is 4.42 Å². The summed E-state index contributed by atoms with van der Waals surface area (Å²) in [6.07, 6.45) is 5.55. The fourth-order valence-corrected chi connectivity index (χ4v) is 3.81. The van der Waals surface area contributed by atoms with Gasteiger partial charge in [-0.2, -0.15) is 5.10 Å². The van der Waals surface area contributed by atoms with E-state index in [0.29, 0.717) is 6.04 Å². The van der Waals surface area contributed by atoms with Crippen LogP contribution in [0, 0.1) is 5.92 Å². The maximum Gasteiger partial charge on any atom is 0.246 e. The minimum absolute atomic E-state index is 0.595. The Morgan fingerprint density at radius 1 is 1.18 bits per heavy atom. The van der Waals surface area contributed by atoms with E-state index in [2.05, 4.69) is 15.1 Å². The van der Waals surface area contributed by atoms with Gasteiger partial charge in [0.1, 0.15) is 11.3 Å². The normalized spacial score (nSPS) is 23.5. The molecule has 0 radical (unpaired) electrons. The number of rotatable bonds is 2. The predicted octanol–water partition coefficient (Wildman–Crippen LogP) is 3.27. The van der Waals surface area contributed by atoms with Gasteiger partial charge in [0, 0.05) is 18.0 Å². The standard InChI is InChI=1S/C17H16N4O/c1-2-4-15-12(3-1)8-16(22-15)14-9-18-20-17(19-14)21-10-11-5-6-13(21)7-11/h1-4,8-9,11,13H,5-7,10H2/t11-,13-/m0/s1. The van der Waals surface area contributed by atoms with Crippen molar-refractivity contribution in [1.29, 1.82) is 0 Å². The number of aromatic nitrogens is 3. The predicted molar refractivity (Wildman–Crippen MR) is 83.5 cm³/mol. The lowest BCUT2D eigenvalue weighted by Crippen LogP contribution is -2.33. The van der Waals surface area contributed by atoms with E-state index in [0.717, 1.165) is 40.8 Å². The first-order valence-corrected chi connectivity index (χ1v) is 7.82. The fourth-order valence-electron chi connectivity index (χ4n) is 3.81. The Labute approximate surface area is 128 Å². The molecule has 5 nitrogen and oxygen atoms in total. The van der Waals surface area contributed by atoms with Crippen molar-refractivity contribution in [2.45, 2.75) is 25.3 Å². The van der Waals surface area contributed by atoms with Gasteiger partial charge < -0.3 is 9.32 Å². The van der Waals surface area contributed by atoms with Crippen LogP contribution in [0.3, 0.4) is 0 Å². The minimum atomic E-state index is 0.595. The van der Waals surface area contributed by atoms with E-state index in [1.54, 1.807) is 6.20 Å². The van der Waals surface area contributed by atoms with Crippen LogP contribution in [-0.4, -0.2) is 27.8 Å². The van der Waals surface area contributed by atoms with Gasteiger partial charge in [0.25, 0.3) is 0 Å². The molecule has 3 aromatic rings. The van der Waals surface area contributed by atoms with Gasteiger partial charge in [-0.1, -0.05) is 18.2 Å². The molecule has 1 saturated carbocycles. The second-order valence-corrected chi connectivity index (χ2v) is 6.28. The highest BCUT2D eigenvalue weighted by Gasteiger charge is 2.39. The van der Waals surface area contributed by atoms with Gasteiger partial charge in [-0.3, -0.25) is 0 Å². The highest BCUT2D eigenvalue weighted by atomic mass is 16.3. The highest BCUT2D eigenvalue weighted by molar-refractivity contribution is 5.82. The molecule has 1 aliphatic heterocycles. The van der Waals surface area contributed by atoms with Crippen LogP contribution in [0.4, 0.5) is 5.95 Å². The van der Waals surface area contributed by atoms with E-state index < -0.39 is 0 Å². The number of fused-ring (bicyclic) bond motifs is 3.